The molecule has 0 N–H and O–H groups in total. The topological polar surface area (TPSA) is 53.1 Å². The molecule has 0 radical (unpaired) electrons. The summed E-state index contributed by atoms with van der Waals surface area (Å²) in [5.74, 6) is 0.309. The van der Waals surface area contributed by atoms with Crippen LogP contribution >= 0.6 is 0 Å². The normalized spacial score (nSPS) is 26.0. The molecule has 6 heteroatoms. The number of nitrogens with zero attached hydrogens (tertiary/aromatic N) is 3. The molecular formula is C22H31N3O3. The number of likely N-dealkylation sites (tertiary alicyclic amines) is 2. The fourth-order valence-corrected chi connectivity index (χ4v) is 4.66. The first kappa shape index (κ1) is 19.4. The maximum atomic E-state index is 13.1. The van der Waals surface area contributed by atoms with Gasteiger partial charge in [0.25, 0.3) is 5.91 Å². The molecule has 0 aromatic heterocycles. The van der Waals surface area contributed by atoms with Crippen LogP contribution in [0.25, 0.3) is 0 Å². The molecule has 3 fully saturated rings. The molecule has 2 amide bonds. The Balaban J connectivity index is 1.40. The van der Waals surface area contributed by atoms with Gasteiger partial charge in [-0.05, 0) is 49.5 Å². The van der Waals surface area contributed by atoms with Crippen LogP contribution in [0.5, 0.6) is 0 Å². The fourth-order valence-electron chi connectivity index (χ4n) is 4.66. The molecule has 0 unspecified atom stereocenters. The molecular weight excluding hydrogens is 354 g/mol. The minimum Gasteiger partial charge on any atom is -0.378 e. The van der Waals surface area contributed by atoms with Crippen molar-refractivity contribution >= 4 is 11.8 Å². The van der Waals surface area contributed by atoms with Crippen molar-refractivity contribution in [2.75, 3.05) is 52.5 Å². The molecule has 0 saturated carbocycles. The fraction of sp³-hybridized carbons (Fsp3) is 0.636. The van der Waals surface area contributed by atoms with E-state index in [2.05, 4.69) is 17.9 Å². The van der Waals surface area contributed by atoms with Crippen LogP contribution in [-0.2, 0) is 16.1 Å². The molecule has 0 spiro atoms. The van der Waals surface area contributed by atoms with E-state index >= 15 is 0 Å². The van der Waals surface area contributed by atoms with E-state index in [9.17, 15) is 9.59 Å². The van der Waals surface area contributed by atoms with Crippen LogP contribution in [0.15, 0.2) is 24.3 Å². The van der Waals surface area contributed by atoms with Crippen LogP contribution in [0.1, 0.15) is 35.7 Å². The van der Waals surface area contributed by atoms with Gasteiger partial charge in [-0.25, -0.2) is 0 Å². The molecule has 3 aliphatic rings. The van der Waals surface area contributed by atoms with Crippen molar-refractivity contribution in [3.63, 3.8) is 0 Å². The Bertz CT molecular complexity index is 711. The summed E-state index contributed by atoms with van der Waals surface area (Å²) in [6.07, 6.45) is 2.53. The predicted molar refractivity (Wildman–Crippen MR) is 107 cm³/mol. The van der Waals surface area contributed by atoms with Gasteiger partial charge in [-0.1, -0.05) is 19.1 Å². The summed E-state index contributed by atoms with van der Waals surface area (Å²) < 4.78 is 5.35. The Morgan fingerprint density at radius 1 is 1.04 bits per heavy atom. The van der Waals surface area contributed by atoms with E-state index in [4.69, 9.17) is 4.74 Å². The summed E-state index contributed by atoms with van der Waals surface area (Å²) >= 11 is 0. The number of rotatable bonds is 4. The van der Waals surface area contributed by atoms with Gasteiger partial charge in [-0.3, -0.25) is 14.5 Å². The molecule has 3 heterocycles. The Morgan fingerprint density at radius 3 is 2.54 bits per heavy atom. The maximum Gasteiger partial charge on any atom is 0.253 e. The van der Waals surface area contributed by atoms with Gasteiger partial charge in [0.15, 0.2) is 0 Å². The Kier molecular flexibility index (Phi) is 5.97. The summed E-state index contributed by atoms with van der Waals surface area (Å²) in [5, 5.41) is 0. The lowest BCUT2D eigenvalue weighted by molar-refractivity contribution is -0.140. The van der Waals surface area contributed by atoms with E-state index < -0.39 is 0 Å². The number of hydrogen-bond acceptors (Lipinski definition) is 4. The third kappa shape index (κ3) is 4.23. The number of carbonyl (C=O) groups is 2. The molecule has 152 valence electrons. The number of amides is 2. The highest BCUT2D eigenvalue weighted by Gasteiger charge is 2.39. The van der Waals surface area contributed by atoms with Crippen LogP contribution in [0.4, 0.5) is 0 Å². The van der Waals surface area contributed by atoms with Gasteiger partial charge in [0.2, 0.25) is 5.91 Å². The molecule has 2 atom stereocenters. The quantitative estimate of drug-likeness (QED) is 0.794. The summed E-state index contributed by atoms with van der Waals surface area (Å²) in [7, 11) is 0. The highest BCUT2D eigenvalue weighted by molar-refractivity contribution is 5.95. The largest absolute Gasteiger partial charge is 0.378 e. The lowest BCUT2D eigenvalue weighted by atomic mass is 9.96. The van der Waals surface area contributed by atoms with E-state index in [-0.39, 0.29) is 23.7 Å². The third-order valence-corrected chi connectivity index (χ3v) is 6.32. The Morgan fingerprint density at radius 2 is 1.79 bits per heavy atom. The lowest BCUT2D eigenvalue weighted by Crippen LogP contribution is -2.45. The average Bonchev–Trinajstić information content (AvgIpc) is 3.37. The first-order valence-electron chi connectivity index (χ1n) is 10.6. The summed E-state index contributed by atoms with van der Waals surface area (Å²) in [6, 6.07) is 8.01. The molecule has 1 aromatic rings. The van der Waals surface area contributed by atoms with E-state index in [1.807, 2.05) is 28.0 Å². The first-order valence-corrected chi connectivity index (χ1v) is 10.6. The van der Waals surface area contributed by atoms with Gasteiger partial charge in [-0.2, -0.15) is 0 Å². The second-order valence-electron chi connectivity index (χ2n) is 8.42. The van der Waals surface area contributed by atoms with Gasteiger partial charge in [-0.15, -0.1) is 0 Å². The van der Waals surface area contributed by atoms with Crippen LogP contribution in [0, 0.1) is 11.8 Å². The van der Waals surface area contributed by atoms with Gasteiger partial charge < -0.3 is 14.5 Å². The molecule has 4 rings (SSSR count). The Labute approximate surface area is 167 Å². The molecule has 0 bridgehead atoms. The SMILES string of the molecule is C[C@@H]1CN(C(=O)c2cccc(CN3CCCC3)c2)C[C@H]1C(=O)N1CCOCC1. The summed E-state index contributed by atoms with van der Waals surface area (Å²) in [4.78, 5) is 32.2. The first-order chi connectivity index (χ1) is 13.6. The molecule has 1 aromatic carbocycles. The number of carbonyl (C=O) groups excluding carboxylic acids is 2. The van der Waals surface area contributed by atoms with Crippen molar-refractivity contribution in [2.24, 2.45) is 11.8 Å². The molecule has 3 aliphatic heterocycles. The summed E-state index contributed by atoms with van der Waals surface area (Å²) in [5.41, 5.74) is 1.93. The minimum atomic E-state index is -0.102. The average molecular weight is 386 g/mol. The van der Waals surface area contributed by atoms with E-state index in [1.165, 1.54) is 18.4 Å². The van der Waals surface area contributed by atoms with Crippen molar-refractivity contribution < 1.29 is 14.3 Å². The van der Waals surface area contributed by atoms with Crippen molar-refractivity contribution in [2.45, 2.75) is 26.3 Å². The number of hydrogen-bond donors (Lipinski definition) is 0. The maximum absolute atomic E-state index is 13.1. The molecule has 28 heavy (non-hydrogen) atoms. The van der Waals surface area contributed by atoms with Crippen LogP contribution in [-0.4, -0.2) is 79.0 Å². The van der Waals surface area contributed by atoms with E-state index in [0.29, 0.717) is 39.4 Å². The van der Waals surface area contributed by atoms with E-state index in [0.717, 1.165) is 25.2 Å². The highest BCUT2D eigenvalue weighted by Crippen LogP contribution is 2.27. The van der Waals surface area contributed by atoms with Gasteiger partial charge in [0, 0.05) is 38.3 Å². The zero-order valence-electron chi connectivity index (χ0n) is 16.8. The highest BCUT2D eigenvalue weighted by atomic mass is 16.5. The molecule has 3 saturated heterocycles. The Hall–Kier alpha value is -1.92. The minimum absolute atomic E-state index is 0.0485. The zero-order chi connectivity index (χ0) is 19.5. The smallest absolute Gasteiger partial charge is 0.253 e. The van der Waals surface area contributed by atoms with Crippen molar-refractivity contribution in [1.82, 2.24) is 14.7 Å². The van der Waals surface area contributed by atoms with Crippen molar-refractivity contribution in [3.8, 4) is 0 Å². The van der Waals surface area contributed by atoms with Gasteiger partial charge in [0.05, 0.1) is 19.1 Å². The second kappa shape index (κ2) is 8.62. The monoisotopic (exact) mass is 385 g/mol. The zero-order valence-corrected chi connectivity index (χ0v) is 16.8. The van der Waals surface area contributed by atoms with Gasteiger partial charge >= 0.3 is 0 Å². The molecule has 6 nitrogen and oxygen atoms in total. The summed E-state index contributed by atoms with van der Waals surface area (Å²) in [6.45, 7) is 9.00. The van der Waals surface area contributed by atoms with Gasteiger partial charge in [0.1, 0.15) is 0 Å². The van der Waals surface area contributed by atoms with E-state index in [1.54, 1.807) is 0 Å². The number of ether oxygens (including phenoxy) is 1. The van der Waals surface area contributed by atoms with Crippen LogP contribution in [0.2, 0.25) is 0 Å². The van der Waals surface area contributed by atoms with Crippen molar-refractivity contribution in [1.29, 1.82) is 0 Å². The van der Waals surface area contributed by atoms with Crippen molar-refractivity contribution in [3.05, 3.63) is 35.4 Å². The number of morpholine rings is 1. The third-order valence-electron chi connectivity index (χ3n) is 6.32. The standard InChI is InChI=1S/C22H31N3O3/c1-17-14-25(16-20(17)22(27)24-9-11-28-12-10-24)21(26)19-6-4-5-18(13-19)15-23-7-2-3-8-23/h4-6,13,17,20H,2-3,7-12,14-16H2,1H3/t17-,20-/m1/s1. The van der Waals surface area contributed by atoms with Crippen LogP contribution < -0.4 is 0 Å². The second-order valence-corrected chi connectivity index (χ2v) is 8.42. The predicted octanol–water partition coefficient (Wildman–Crippen LogP) is 1.85. The number of benzene rings is 1. The molecule has 0 aliphatic carbocycles. The lowest BCUT2D eigenvalue weighted by Gasteiger charge is -2.30. The van der Waals surface area contributed by atoms with Crippen LogP contribution in [0.3, 0.4) is 0 Å².